The van der Waals surface area contributed by atoms with Gasteiger partial charge in [-0.3, -0.25) is 4.79 Å². The monoisotopic (exact) mass is 409 g/mol. The van der Waals surface area contributed by atoms with Gasteiger partial charge >= 0.3 is 0 Å². The molecular weight excluding hydrogens is 386 g/mol. The largest absolute Gasteiger partial charge is 0.497 e. The lowest BCUT2D eigenvalue weighted by atomic mass is 9.66. The summed E-state index contributed by atoms with van der Waals surface area (Å²) in [5, 5.41) is 0. The molecule has 6 heteroatoms. The summed E-state index contributed by atoms with van der Waals surface area (Å²) >= 11 is 0. The molecule has 4 rings (SSSR count). The first-order valence-electron chi connectivity index (χ1n) is 9.68. The van der Waals surface area contributed by atoms with Gasteiger partial charge in [0.1, 0.15) is 5.75 Å². The van der Waals surface area contributed by atoms with Crippen LogP contribution in [0.15, 0.2) is 59.0 Å². The van der Waals surface area contributed by atoms with Gasteiger partial charge in [-0.15, -0.1) is 0 Å². The Morgan fingerprint density at radius 2 is 1.93 bits per heavy atom. The third-order valence-electron chi connectivity index (χ3n) is 5.94. The van der Waals surface area contributed by atoms with Crippen LogP contribution >= 0.6 is 0 Å². The lowest BCUT2D eigenvalue weighted by molar-refractivity contribution is -0.116. The number of piperidine rings is 1. The third kappa shape index (κ3) is 3.81. The summed E-state index contributed by atoms with van der Waals surface area (Å²) in [6, 6.07) is 18.0. The van der Waals surface area contributed by atoms with Gasteiger partial charge in [-0.2, -0.15) is 4.31 Å². The molecule has 1 fully saturated rings. The number of carbonyl (C=O) groups excluding carboxylic acids is 1. The van der Waals surface area contributed by atoms with E-state index in [2.05, 4.69) is 12.1 Å². The first-order chi connectivity index (χ1) is 13.9. The molecule has 5 nitrogen and oxygen atoms in total. The predicted molar refractivity (Wildman–Crippen MR) is 109 cm³/mol. The average molecular weight is 410 g/mol. The Kier molecular flexibility index (Phi) is 5.20. The number of sulfonamides is 1. The van der Waals surface area contributed by atoms with E-state index in [0.29, 0.717) is 44.5 Å². The highest BCUT2D eigenvalue weighted by atomic mass is 32.2. The van der Waals surface area contributed by atoms with E-state index in [1.54, 1.807) is 41.8 Å². The number of allylic oxidation sites excluding steroid dienone is 1. The SMILES string of the molecule is COc1ccc(S(=O)(=O)N2CCC3=CC(=O)CCC3(Cc3cc#ccc3)C2)cc1. The molecule has 2 aromatic rings. The van der Waals surface area contributed by atoms with Crippen LogP contribution in [0.2, 0.25) is 0 Å². The number of hydrogen-bond acceptors (Lipinski definition) is 4. The van der Waals surface area contributed by atoms with Gasteiger partial charge in [-0.1, -0.05) is 17.7 Å². The molecule has 1 aliphatic carbocycles. The van der Waals surface area contributed by atoms with Crippen molar-refractivity contribution < 1.29 is 17.9 Å². The van der Waals surface area contributed by atoms with Crippen molar-refractivity contribution in [2.45, 2.75) is 30.6 Å². The van der Waals surface area contributed by atoms with Crippen LogP contribution in [0.1, 0.15) is 24.8 Å². The van der Waals surface area contributed by atoms with Gasteiger partial charge in [-0.05, 0) is 73.4 Å². The van der Waals surface area contributed by atoms with E-state index in [1.165, 1.54) is 0 Å². The molecule has 2 aliphatic rings. The fourth-order valence-electron chi connectivity index (χ4n) is 4.36. The van der Waals surface area contributed by atoms with E-state index in [0.717, 1.165) is 11.1 Å². The number of hydrogen-bond donors (Lipinski definition) is 0. The number of ether oxygens (including phenoxy) is 1. The molecule has 0 saturated carbocycles. The molecule has 0 N–H and O–H groups in total. The number of methoxy groups -OCH3 is 1. The first kappa shape index (κ1) is 19.7. The normalized spacial score (nSPS) is 22.4. The Labute approximate surface area is 172 Å². The van der Waals surface area contributed by atoms with E-state index in [1.807, 2.05) is 18.2 Å². The van der Waals surface area contributed by atoms with Crippen molar-refractivity contribution >= 4 is 15.8 Å². The standard InChI is InChI=1S/C23H23NO4S/c1-28-21-7-9-22(10-8-21)29(26,27)24-14-12-19-15-20(25)11-13-23(19,17-24)16-18-5-3-2-4-6-18/h3,5-10,15H,11-14,16-17H2,1H3. The Hall–Kier alpha value is -2.62. The second-order valence-corrected chi connectivity index (χ2v) is 9.64. The fourth-order valence-corrected chi connectivity index (χ4v) is 5.89. The number of rotatable bonds is 5. The van der Waals surface area contributed by atoms with Crippen LogP contribution < -0.4 is 4.74 Å². The lowest BCUT2D eigenvalue weighted by Crippen LogP contribution is -2.49. The van der Waals surface area contributed by atoms with Gasteiger partial charge < -0.3 is 4.74 Å². The Morgan fingerprint density at radius 1 is 1.14 bits per heavy atom. The van der Waals surface area contributed by atoms with Gasteiger partial charge in [0.15, 0.2) is 5.78 Å². The van der Waals surface area contributed by atoms with Crippen molar-refractivity contribution in [2.24, 2.45) is 5.41 Å². The summed E-state index contributed by atoms with van der Waals surface area (Å²) in [5.74, 6) is 0.752. The highest BCUT2D eigenvalue weighted by Gasteiger charge is 2.45. The highest BCUT2D eigenvalue weighted by Crippen LogP contribution is 2.45. The van der Waals surface area contributed by atoms with Crippen LogP contribution in [-0.2, 0) is 21.2 Å². The molecule has 1 heterocycles. The third-order valence-corrected chi connectivity index (χ3v) is 7.80. The maximum absolute atomic E-state index is 13.3. The van der Waals surface area contributed by atoms with Crippen molar-refractivity contribution in [1.82, 2.24) is 4.31 Å². The molecule has 1 aliphatic heterocycles. The van der Waals surface area contributed by atoms with E-state index in [-0.39, 0.29) is 16.1 Å². The fraction of sp³-hybridized carbons (Fsp3) is 0.348. The number of benzene rings is 1. The van der Waals surface area contributed by atoms with Gasteiger partial charge in [0.25, 0.3) is 0 Å². The Morgan fingerprint density at radius 3 is 2.62 bits per heavy atom. The molecule has 0 bridgehead atoms. The van der Waals surface area contributed by atoms with Crippen LogP contribution in [-0.4, -0.2) is 38.7 Å². The van der Waals surface area contributed by atoms with Gasteiger partial charge in [0.2, 0.25) is 10.0 Å². The van der Waals surface area contributed by atoms with Crippen molar-refractivity contribution in [1.29, 1.82) is 0 Å². The summed E-state index contributed by atoms with van der Waals surface area (Å²) in [6.07, 6.45) is 4.11. The molecule has 1 unspecified atom stereocenters. The molecule has 1 saturated heterocycles. The molecule has 29 heavy (non-hydrogen) atoms. The van der Waals surface area contributed by atoms with Crippen LogP contribution in [0.25, 0.3) is 0 Å². The number of ketones is 1. The second-order valence-electron chi connectivity index (χ2n) is 7.70. The summed E-state index contributed by atoms with van der Waals surface area (Å²) in [5.41, 5.74) is 1.79. The van der Waals surface area contributed by atoms with Crippen LogP contribution in [0, 0.1) is 17.5 Å². The van der Waals surface area contributed by atoms with Crippen molar-refractivity contribution in [3.63, 3.8) is 0 Å². The molecule has 0 radical (unpaired) electrons. The lowest BCUT2D eigenvalue weighted by Gasteiger charge is -2.46. The van der Waals surface area contributed by atoms with Crippen molar-refractivity contribution in [3.05, 3.63) is 71.8 Å². The minimum atomic E-state index is -3.63. The van der Waals surface area contributed by atoms with Crippen LogP contribution in [0.4, 0.5) is 0 Å². The maximum atomic E-state index is 13.3. The quantitative estimate of drug-likeness (QED) is 0.761. The zero-order valence-electron chi connectivity index (χ0n) is 16.3. The predicted octanol–water partition coefficient (Wildman–Crippen LogP) is 3.21. The smallest absolute Gasteiger partial charge is 0.243 e. The maximum Gasteiger partial charge on any atom is 0.243 e. The van der Waals surface area contributed by atoms with Crippen LogP contribution in [0.5, 0.6) is 5.75 Å². The summed E-state index contributed by atoms with van der Waals surface area (Å²) < 4.78 is 33.3. The number of nitrogens with zero attached hydrogens (tertiary/aromatic N) is 1. The molecule has 0 amide bonds. The first-order valence-corrected chi connectivity index (χ1v) is 11.1. The molecular formula is C23H23NO4S. The summed E-state index contributed by atoms with van der Waals surface area (Å²) in [7, 11) is -2.08. The molecule has 2 aromatic carbocycles. The number of fused-ring (bicyclic) bond motifs is 1. The van der Waals surface area contributed by atoms with Gasteiger partial charge in [0.05, 0.1) is 12.0 Å². The minimum Gasteiger partial charge on any atom is -0.497 e. The topological polar surface area (TPSA) is 63.7 Å². The zero-order valence-corrected chi connectivity index (χ0v) is 17.2. The molecule has 0 aromatic heterocycles. The highest BCUT2D eigenvalue weighted by molar-refractivity contribution is 7.89. The zero-order chi connectivity index (χ0) is 20.5. The summed E-state index contributed by atoms with van der Waals surface area (Å²) in [4.78, 5) is 12.3. The summed E-state index contributed by atoms with van der Waals surface area (Å²) in [6.45, 7) is 0.753. The second kappa shape index (κ2) is 7.66. The van der Waals surface area contributed by atoms with E-state index >= 15 is 0 Å². The van der Waals surface area contributed by atoms with E-state index < -0.39 is 10.0 Å². The van der Waals surface area contributed by atoms with E-state index in [9.17, 15) is 13.2 Å². The van der Waals surface area contributed by atoms with Crippen LogP contribution in [0.3, 0.4) is 0 Å². The molecule has 150 valence electrons. The van der Waals surface area contributed by atoms with Gasteiger partial charge in [-0.25, -0.2) is 8.42 Å². The molecule has 0 spiro atoms. The molecule has 1 atom stereocenters. The number of carbonyl (C=O) groups is 1. The van der Waals surface area contributed by atoms with Crippen molar-refractivity contribution in [3.8, 4) is 5.75 Å². The Balaban J connectivity index is 1.67. The van der Waals surface area contributed by atoms with Crippen molar-refractivity contribution in [2.75, 3.05) is 20.2 Å². The minimum absolute atomic E-state index is 0.134. The van der Waals surface area contributed by atoms with E-state index in [4.69, 9.17) is 4.74 Å². The van der Waals surface area contributed by atoms with Gasteiger partial charge in [0, 0.05) is 24.9 Å². The average Bonchev–Trinajstić information content (AvgIpc) is 2.74. The Bertz CT molecular complexity index is 1030.